The second-order valence-corrected chi connectivity index (χ2v) is 7.90. The molecule has 0 aromatic heterocycles. The number of hydrogen-bond acceptors (Lipinski definition) is 4. The fourth-order valence-electron chi connectivity index (χ4n) is 4.33. The highest BCUT2D eigenvalue weighted by atomic mass is 16.5. The number of para-hydroxylation sites is 1. The van der Waals surface area contributed by atoms with Crippen molar-refractivity contribution in [3.63, 3.8) is 0 Å². The maximum absolute atomic E-state index is 6.18. The molecule has 3 aromatic carbocycles. The summed E-state index contributed by atoms with van der Waals surface area (Å²) < 4.78 is 17.3. The van der Waals surface area contributed by atoms with Crippen LogP contribution in [-0.4, -0.2) is 33.4 Å². The van der Waals surface area contributed by atoms with E-state index in [2.05, 4.69) is 59.9 Å². The number of ether oxygens (including phenoxy) is 3. The largest absolute Gasteiger partial charge is 0.497 e. The standard InChI is InChI=1S/C27H31NO3/c1-29-23-13-11-22(12-14-23)24-15-16-28-19-26(24)25-9-5-6-10-27(25)31-18-17-30-20-21-7-3-2-4-8-21/h2-14,24,26,28H,15-20H2,1H3. The fraction of sp³-hybridized carbons (Fsp3) is 0.333. The van der Waals surface area contributed by atoms with Gasteiger partial charge in [-0.2, -0.15) is 0 Å². The Hall–Kier alpha value is -2.82. The van der Waals surface area contributed by atoms with Crippen LogP contribution in [0, 0.1) is 0 Å². The van der Waals surface area contributed by atoms with Crippen molar-refractivity contribution in [2.75, 3.05) is 33.4 Å². The molecule has 4 heteroatoms. The van der Waals surface area contributed by atoms with Crippen LogP contribution in [0.1, 0.15) is 34.9 Å². The van der Waals surface area contributed by atoms with E-state index in [1.165, 1.54) is 16.7 Å². The van der Waals surface area contributed by atoms with Gasteiger partial charge >= 0.3 is 0 Å². The van der Waals surface area contributed by atoms with Crippen molar-refractivity contribution in [3.05, 3.63) is 95.6 Å². The van der Waals surface area contributed by atoms with Crippen molar-refractivity contribution < 1.29 is 14.2 Å². The number of rotatable bonds is 9. The third-order valence-electron chi connectivity index (χ3n) is 5.94. The molecule has 162 valence electrons. The lowest BCUT2D eigenvalue weighted by Crippen LogP contribution is -2.34. The SMILES string of the molecule is COc1ccc(C2CCNCC2c2ccccc2OCCOCc2ccccc2)cc1. The first-order chi connectivity index (χ1) is 15.3. The zero-order chi connectivity index (χ0) is 21.3. The van der Waals surface area contributed by atoms with Crippen LogP contribution < -0.4 is 14.8 Å². The van der Waals surface area contributed by atoms with Crippen LogP contribution >= 0.6 is 0 Å². The minimum absolute atomic E-state index is 0.364. The van der Waals surface area contributed by atoms with Gasteiger partial charge in [0.1, 0.15) is 18.1 Å². The smallest absolute Gasteiger partial charge is 0.122 e. The van der Waals surface area contributed by atoms with Gasteiger partial charge in [-0.3, -0.25) is 0 Å². The van der Waals surface area contributed by atoms with E-state index in [9.17, 15) is 0 Å². The first-order valence-electron chi connectivity index (χ1n) is 11.0. The van der Waals surface area contributed by atoms with Crippen LogP contribution in [0.5, 0.6) is 11.5 Å². The predicted molar refractivity (Wildman–Crippen MR) is 124 cm³/mol. The molecule has 1 heterocycles. The molecule has 0 radical (unpaired) electrons. The van der Waals surface area contributed by atoms with E-state index in [0.717, 1.165) is 31.0 Å². The normalized spacial score (nSPS) is 18.5. The summed E-state index contributed by atoms with van der Waals surface area (Å²) in [5.74, 6) is 2.67. The second-order valence-electron chi connectivity index (χ2n) is 7.90. The molecule has 0 aliphatic carbocycles. The predicted octanol–water partition coefficient (Wildman–Crippen LogP) is 5.15. The van der Waals surface area contributed by atoms with Crippen molar-refractivity contribution in [1.82, 2.24) is 5.32 Å². The van der Waals surface area contributed by atoms with Gasteiger partial charge in [0.05, 0.1) is 20.3 Å². The molecule has 0 spiro atoms. The van der Waals surface area contributed by atoms with Gasteiger partial charge in [0, 0.05) is 12.5 Å². The maximum Gasteiger partial charge on any atom is 0.122 e. The Kier molecular flexibility index (Phi) is 7.59. The third kappa shape index (κ3) is 5.66. The highest BCUT2D eigenvalue weighted by Crippen LogP contribution is 2.41. The minimum atomic E-state index is 0.364. The molecular weight excluding hydrogens is 386 g/mol. The van der Waals surface area contributed by atoms with Crippen LogP contribution in [0.25, 0.3) is 0 Å². The van der Waals surface area contributed by atoms with E-state index in [0.29, 0.717) is 31.7 Å². The average molecular weight is 418 g/mol. The number of nitrogens with one attached hydrogen (secondary N) is 1. The summed E-state index contributed by atoms with van der Waals surface area (Å²) in [7, 11) is 1.71. The monoisotopic (exact) mass is 417 g/mol. The highest BCUT2D eigenvalue weighted by Gasteiger charge is 2.29. The van der Waals surface area contributed by atoms with Crippen molar-refractivity contribution in [1.29, 1.82) is 0 Å². The molecule has 4 rings (SSSR count). The van der Waals surface area contributed by atoms with Gasteiger partial charge < -0.3 is 19.5 Å². The van der Waals surface area contributed by atoms with E-state index in [-0.39, 0.29) is 0 Å². The van der Waals surface area contributed by atoms with Crippen molar-refractivity contribution in [2.45, 2.75) is 24.9 Å². The lowest BCUT2D eigenvalue weighted by molar-refractivity contribution is 0.0884. The second kappa shape index (κ2) is 11.0. The van der Waals surface area contributed by atoms with Crippen molar-refractivity contribution in [2.24, 2.45) is 0 Å². The average Bonchev–Trinajstić information content (AvgIpc) is 2.85. The number of hydrogen-bond donors (Lipinski definition) is 1. The Morgan fingerprint density at radius 3 is 2.42 bits per heavy atom. The molecular formula is C27H31NO3. The van der Waals surface area contributed by atoms with E-state index < -0.39 is 0 Å². The summed E-state index contributed by atoms with van der Waals surface area (Å²) in [5.41, 5.74) is 3.80. The van der Waals surface area contributed by atoms with Crippen LogP contribution in [0.3, 0.4) is 0 Å². The summed E-state index contributed by atoms with van der Waals surface area (Å²) in [6.45, 7) is 3.69. The highest BCUT2D eigenvalue weighted by molar-refractivity contribution is 5.41. The molecule has 1 aliphatic heterocycles. The van der Waals surface area contributed by atoms with Crippen molar-refractivity contribution in [3.8, 4) is 11.5 Å². The first-order valence-corrected chi connectivity index (χ1v) is 11.0. The molecule has 1 aliphatic rings. The summed E-state index contributed by atoms with van der Waals surface area (Å²) in [4.78, 5) is 0. The van der Waals surface area contributed by atoms with Gasteiger partial charge in [0.15, 0.2) is 0 Å². The third-order valence-corrected chi connectivity index (χ3v) is 5.94. The number of methoxy groups -OCH3 is 1. The lowest BCUT2D eigenvalue weighted by Gasteiger charge is -2.34. The molecule has 0 bridgehead atoms. The van der Waals surface area contributed by atoms with Crippen LogP contribution in [0.4, 0.5) is 0 Å². The Morgan fingerprint density at radius 1 is 0.839 bits per heavy atom. The van der Waals surface area contributed by atoms with Gasteiger partial charge in [-0.25, -0.2) is 0 Å². The zero-order valence-corrected chi connectivity index (χ0v) is 18.1. The molecule has 1 fully saturated rings. The summed E-state index contributed by atoms with van der Waals surface area (Å²) in [6, 6.07) is 27.2. The lowest BCUT2D eigenvalue weighted by atomic mass is 9.77. The molecule has 2 unspecified atom stereocenters. The van der Waals surface area contributed by atoms with Crippen LogP contribution in [-0.2, 0) is 11.3 Å². The Balaban J connectivity index is 1.40. The summed E-state index contributed by atoms with van der Waals surface area (Å²) >= 11 is 0. The van der Waals surface area contributed by atoms with Gasteiger partial charge in [-0.15, -0.1) is 0 Å². The van der Waals surface area contributed by atoms with Gasteiger partial charge in [-0.1, -0.05) is 60.7 Å². The van der Waals surface area contributed by atoms with E-state index in [1.54, 1.807) is 7.11 Å². The maximum atomic E-state index is 6.18. The fourth-order valence-corrected chi connectivity index (χ4v) is 4.33. The summed E-state index contributed by atoms with van der Waals surface area (Å²) in [6.07, 6.45) is 1.10. The molecule has 1 saturated heterocycles. The minimum Gasteiger partial charge on any atom is -0.497 e. The molecule has 3 aromatic rings. The Bertz CT molecular complexity index is 927. The topological polar surface area (TPSA) is 39.7 Å². The number of piperidine rings is 1. The molecule has 1 N–H and O–H groups in total. The van der Waals surface area contributed by atoms with Gasteiger partial charge in [0.2, 0.25) is 0 Å². The van der Waals surface area contributed by atoms with E-state index in [1.807, 2.05) is 24.3 Å². The quantitative estimate of drug-likeness (QED) is 0.489. The molecule has 0 saturated carbocycles. The molecule has 31 heavy (non-hydrogen) atoms. The Labute approximate surface area is 185 Å². The van der Waals surface area contributed by atoms with Gasteiger partial charge in [-0.05, 0) is 53.8 Å². The van der Waals surface area contributed by atoms with Gasteiger partial charge in [0.25, 0.3) is 0 Å². The van der Waals surface area contributed by atoms with E-state index >= 15 is 0 Å². The van der Waals surface area contributed by atoms with E-state index in [4.69, 9.17) is 14.2 Å². The van der Waals surface area contributed by atoms with Crippen LogP contribution in [0.2, 0.25) is 0 Å². The Morgan fingerprint density at radius 2 is 1.61 bits per heavy atom. The van der Waals surface area contributed by atoms with Crippen molar-refractivity contribution >= 4 is 0 Å². The number of benzene rings is 3. The molecule has 4 nitrogen and oxygen atoms in total. The molecule has 2 atom stereocenters. The molecule has 0 amide bonds. The van der Waals surface area contributed by atoms with Crippen LogP contribution in [0.15, 0.2) is 78.9 Å². The summed E-state index contributed by atoms with van der Waals surface area (Å²) in [5, 5.41) is 3.57. The zero-order valence-electron chi connectivity index (χ0n) is 18.1. The first kappa shape index (κ1) is 21.4.